The number of sulfonamides is 1. The summed E-state index contributed by atoms with van der Waals surface area (Å²) in [6.45, 7) is 3.12. The molecule has 0 bridgehead atoms. The topological polar surface area (TPSA) is 69.7 Å². The summed E-state index contributed by atoms with van der Waals surface area (Å²) in [5.41, 5.74) is 1.13. The fourth-order valence-electron chi connectivity index (χ4n) is 3.68. The van der Waals surface area contributed by atoms with E-state index in [-0.39, 0.29) is 23.7 Å². The maximum Gasteiger partial charge on any atom is 0.258 e. The second-order valence-corrected chi connectivity index (χ2v) is 9.72. The van der Waals surface area contributed by atoms with Gasteiger partial charge in [0.05, 0.1) is 10.5 Å². The molecule has 0 aromatic heterocycles. The van der Waals surface area contributed by atoms with Crippen LogP contribution in [0.15, 0.2) is 71.6 Å². The first kappa shape index (κ1) is 22.9. The predicted molar refractivity (Wildman–Crippen MR) is 123 cm³/mol. The van der Waals surface area contributed by atoms with Crippen molar-refractivity contribution >= 4 is 27.3 Å². The van der Waals surface area contributed by atoms with Crippen molar-refractivity contribution in [3.05, 3.63) is 89.5 Å². The minimum Gasteiger partial charge on any atom is -0.369 e. The Kier molecular flexibility index (Phi) is 6.44. The van der Waals surface area contributed by atoms with E-state index >= 15 is 0 Å². The Morgan fingerprint density at radius 2 is 1.58 bits per heavy atom. The lowest BCUT2D eigenvalue weighted by molar-refractivity contribution is 0.102. The minimum absolute atomic E-state index is 0.146. The zero-order chi connectivity index (χ0) is 23.6. The van der Waals surface area contributed by atoms with Crippen molar-refractivity contribution < 1.29 is 22.0 Å². The lowest BCUT2D eigenvalue weighted by Gasteiger charge is -2.35. The van der Waals surface area contributed by atoms with Crippen molar-refractivity contribution in [2.45, 2.75) is 11.8 Å². The lowest BCUT2D eigenvalue weighted by atomic mass is 10.1. The number of carbonyl (C=O) groups excluding carboxylic acids is 1. The van der Waals surface area contributed by atoms with Crippen molar-refractivity contribution in [1.82, 2.24) is 4.31 Å². The molecule has 0 unspecified atom stereocenters. The first-order valence-corrected chi connectivity index (χ1v) is 11.9. The SMILES string of the molecule is Cc1ccc(NC(=O)c2cc(S(=O)(=O)N3CCN(c4ccccc4)CC3)ccc2F)cc1F. The largest absolute Gasteiger partial charge is 0.369 e. The van der Waals surface area contributed by atoms with Crippen LogP contribution >= 0.6 is 0 Å². The van der Waals surface area contributed by atoms with Crippen molar-refractivity contribution in [3.63, 3.8) is 0 Å². The molecule has 1 aliphatic heterocycles. The van der Waals surface area contributed by atoms with E-state index in [4.69, 9.17) is 0 Å². The smallest absolute Gasteiger partial charge is 0.258 e. The fraction of sp³-hybridized carbons (Fsp3) is 0.208. The summed E-state index contributed by atoms with van der Waals surface area (Å²) in [6.07, 6.45) is 0. The molecule has 172 valence electrons. The quantitative estimate of drug-likeness (QED) is 0.610. The Bertz CT molecular complexity index is 1280. The Hall–Kier alpha value is -3.30. The molecule has 0 aliphatic carbocycles. The van der Waals surface area contributed by atoms with Crippen LogP contribution in [0.3, 0.4) is 0 Å². The van der Waals surface area contributed by atoms with Crippen LogP contribution in [0.5, 0.6) is 0 Å². The van der Waals surface area contributed by atoms with Crippen LogP contribution in [0, 0.1) is 18.6 Å². The summed E-state index contributed by atoms with van der Waals surface area (Å²) in [7, 11) is -3.93. The molecule has 0 saturated carbocycles. The van der Waals surface area contributed by atoms with Gasteiger partial charge in [-0.15, -0.1) is 0 Å². The third-order valence-electron chi connectivity index (χ3n) is 5.61. The number of piperazine rings is 1. The highest BCUT2D eigenvalue weighted by atomic mass is 32.2. The number of amides is 1. The Labute approximate surface area is 191 Å². The van der Waals surface area contributed by atoms with E-state index in [1.165, 1.54) is 16.4 Å². The molecule has 4 rings (SSSR count). The number of carbonyl (C=O) groups is 1. The molecular formula is C24H23F2N3O3S. The van der Waals surface area contributed by atoms with Crippen LogP contribution in [0.1, 0.15) is 15.9 Å². The Morgan fingerprint density at radius 1 is 0.879 bits per heavy atom. The first-order valence-electron chi connectivity index (χ1n) is 10.4. The number of anilines is 2. The normalized spacial score (nSPS) is 14.8. The molecule has 1 fully saturated rings. The number of hydrogen-bond donors (Lipinski definition) is 1. The summed E-state index contributed by atoms with van der Waals surface area (Å²) in [6, 6.07) is 16.9. The number of halogens is 2. The van der Waals surface area contributed by atoms with Crippen LogP contribution in [0.25, 0.3) is 0 Å². The highest BCUT2D eigenvalue weighted by molar-refractivity contribution is 7.89. The van der Waals surface area contributed by atoms with Crippen molar-refractivity contribution in [3.8, 4) is 0 Å². The maximum atomic E-state index is 14.4. The van der Waals surface area contributed by atoms with Gasteiger partial charge in [0.2, 0.25) is 10.0 Å². The molecule has 33 heavy (non-hydrogen) atoms. The number of nitrogens with one attached hydrogen (secondary N) is 1. The molecule has 6 nitrogen and oxygen atoms in total. The lowest BCUT2D eigenvalue weighted by Crippen LogP contribution is -2.48. The number of para-hydroxylation sites is 1. The van der Waals surface area contributed by atoms with Crippen LogP contribution < -0.4 is 10.2 Å². The van der Waals surface area contributed by atoms with Gasteiger partial charge >= 0.3 is 0 Å². The summed E-state index contributed by atoms with van der Waals surface area (Å²) in [4.78, 5) is 14.5. The monoisotopic (exact) mass is 471 g/mol. The molecule has 1 heterocycles. The van der Waals surface area contributed by atoms with Gasteiger partial charge in [-0.25, -0.2) is 17.2 Å². The van der Waals surface area contributed by atoms with Gasteiger partial charge in [-0.3, -0.25) is 4.79 Å². The second-order valence-electron chi connectivity index (χ2n) is 7.79. The molecule has 1 amide bonds. The molecule has 0 spiro atoms. The third kappa shape index (κ3) is 4.89. The van der Waals surface area contributed by atoms with Crippen LogP contribution in [-0.4, -0.2) is 44.8 Å². The Balaban J connectivity index is 1.51. The van der Waals surface area contributed by atoms with E-state index < -0.39 is 33.1 Å². The first-order chi connectivity index (χ1) is 15.8. The molecule has 3 aromatic rings. The average molecular weight is 472 g/mol. The van der Waals surface area contributed by atoms with Crippen molar-refractivity contribution in [2.24, 2.45) is 0 Å². The molecule has 0 atom stereocenters. The van der Waals surface area contributed by atoms with Gasteiger partial charge in [0, 0.05) is 37.6 Å². The minimum atomic E-state index is -3.93. The van der Waals surface area contributed by atoms with Gasteiger partial charge < -0.3 is 10.2 Å². The number of nitrogens with zero attached hydrogens (tertiary/aromatic N) is 2. The van der Waals surface area contributed by atoms with Gasteiger partial charge in [0.25, 0.3) is 5.91 Å². The summed E-state index contributed by atoms with van der Waals surface area (Å²) >= 11 is 0. The van der Waals surface area contributed by atoms with Gasteiger partial charge in [-0.1, -0.05) is 24.3 Å². The molecule has 1 aliphatic rings. The molecule has 9 heteroatoms. The summed E-state index contributed by atoms with van der Waals surface area (Å²) in [5, 5.41) is 2.42. The average Bonchev–Trinajstić information content (AvgIpc) is 2.82. The van der Waals surface area contributed by atoms with Gasteiger partial charge in [0.1, 0.15) is 11.6 Å². The number of hydrogen-bond acceptors (Lipinski definition) is 4. The standard InChI is InChI=1S/C24H23F2N3O3S/c1-17-7-8-18(15-23(17)26)27-24(30)21-16-20(9-10-22(21)25)33(31,32)29-13-11-28(12-14-29)19-5-3-2-4-6-19/h2-10,15-16H,11-14H2,1H3,(H,27,30). The van der Waals surface area contributed by atoms with E-state index in [1.54, 1.807) is 6.92 Å². The van der Waals surface area contributed by atoms with Gasteiger partial charge in [-0.05, 0) is 55.0 Å². The molecule has 3 aromatic carbocycles. The van der Waals surface area contributed by atoms with E-state index in [0.29, 0.717) is 18.7 Å². The number of rotatable bonds is 5. The van der Waals surface area contributed by atoms with Gasteiger partial charge in [-0.2, -0.15) is 4.31 Å². The van der Waals surface area contributed by atoms with Crippen molar-refractivity contribution in [1.29, 1.82) is 0 Å². The zero-order valence-electron chi connectivity index (χ0n) is 18.0. The maximum absolute atomic E-state index is 14.4. The van der Waals surface area contributed by atoms with Crippen LogP contribution in [-0.2, 0) is 10.0 Å². The van der Waals surface area contributed by atoms with E-state index in [9.17, 15) is 22.0 Å². The third-order valence-corrected chi connectivity index (χ3v) is 7.50. The second kappa shape index (κ2) is 9.29. The molecule has 0 radical (unpaired) electrons. The van der Waals surface area contributed by atoms with Crippen LogP contribution in [0.2, 0.25) is 0 Å². The highest BCUT2D eigenvalue weighted by Crippen LogP contribution is 2.24. The number of benzene rings is 3. The predicted octanol–water partition coefficient (Wildman–Crippen LogP) is 4.04. The van der Waals surface area contributed by atoms with Gasteiger partial charge in [0.15, 0.2) is 0 Å². The molecule has 1 saturated heterocycles. The van der Waals surface area contributed by atoms with Crippen molar-refractivity contribution in [2.75, 3.05) is 36.4 Å². The van der Waals surface area contributed by atoms with E-state index in [2.05, 4.69) is 10.2 Å². The van der Waals surface area contributed by atoms with E-state index in [1.807, 2.05) is 30.3 Å². The Morgan fingerprint density at radius 3 is 2.24 bits per heavy atom. The molecular weight excluding hydrogens is 448 g/mol. The fourth-order valence-corrected chi connectivity index (χ4v) is 5.13. The highest BCUT2D eigenvalue weighted by Gasteiger charge is 2.30. The van der Waals surface area contributed by atoms with Crippen LogP contribution in [0.4, 0.5) is 20.2 Å². The van der Waals surface area contributed by atoms with E-state index in [0.717, 1.165) is 30.0 Å². The zero-order valence-corrected chi connectivity index (χ0v) is 18.8. The summed E-state index contributed by atoms with van der Waals surface area (Å²) in [5.74, 6) is -2.24. The number of aryl methyl sites for hydroxylation is 1. The summed E-state index contributed by atoms with van der Waals surface area (Å²) < 4.78 is 55.8. The molecule has 1 N–H and O–H groups in total.